The second-order valence-electron chi connectivity index (χ2n) is 5.37. The van der Waals surface area contributed by atoms with Gasteiger partial charge in [0.25, 0.3) is 5.56 Å². The summed E-state index contributed by atoms with van der Waals surface area (Å²) in [5.74, 6) is 0.141. The zero-order valence-corrected chi connectivity index (χ0v) is 12.6. The highest BCUT2D eigenvalue weighted by Gasteiger charge is 2.23. The Morgan fingerprint density at radius 2 is 2.15 bits per heavy atom. The van der Waals surface area contributed by atoms with Crippen LogP contribution in [0.2, 0.25) is 5.02 Å². The van der Waals surface area contributed by atoms with Crippen molar-refractivity contribution in [2.45, 2.75) is 38.8 Å². The smallest absolute Gasteiger partial charge is 0.287 e. The third kappa shape index (κ3) is 2.95. The monoisotopic (exact) mass is 298 g/mol. The van der Waals surface area contributed by atoms with E-state index in [0.29, 0.717) is 18.7 Å². The van der Waals surface area contributed by atoms with Crippen molar-refractivity contribution in [2.75, 3.05) is 18.9 Å². The topological polar surface area (TPSA) is 67.2 Å². The molecule has 1 unspecified atom stereocenters. The average Bonchev–Trinajstić information content (AvgIpc) is 2.39. The van der Waals surface area contributed by atoms with Crippen LogP contribution in [0.5, 0.6) is 0 Å². The van der Waals surface area contributed by atoms with E-state index >= 15 is 0 Å². The number of carbonyl (C=O) groups is 1. The van der Waals surface area contributed by atoms with Crippen molar-refractivity contribution in [1.29, 1.82) is 0 Å². The van der Waals surface area contributed by atoms with Gasteiger partial charge in [-0.15, -0.1) is 0 Å². The van der Waals surface area contributed by atoms with Crippen LogP contribution < -0.4 is 10.9 Å². The minimum Gasteiger partial charge on any atom is -0.378 e. The Morgan fingerprint density at radius 3 is 2.75 bits per heavy atom. The second-order valence-corrected chi connectivity index (χ2v) is 5.75. The zero-order valence-electron chi connectivity index (χ0n) is 11.9. The van der Waals surface area contributed by atoms with Gasteiger partial charge in [0.15, 0.2) is 0 Å². The maximum atomic E-state index is 12.1. The molecule has 6 nitrogen and oxygen atoms in total. The van der Waals surface area contributed by atoms with E-state index in [1.54, 1.807) is 18.1 Å². The summed E-state index contributed by atoms with van der Waals surface area (Å²) in [7, 11) is 1.77. The van der Waals surface area contributed by atoms with Crippen LogP contribution >= 0.6 is 11.6 Å². The molecule has 1 aliphatic heterocycles. The van der Waals surface area contributed by atoms with Crippen LogP contribution in [0.1, 0.15) is 32.7 Å². The molecule has 0 bridgehead atoms. The van der Waals surface area contributed by atoms with Gasteiger partial charge in [0, 0.05) is 26.1 Å². The van der Waals surface area contributed by atoms with Crippen molar-refractivity contribution in [1.82, 2.24) is 14.7 Å². The molecule has 2 heterocycles. The Hall–Kier alpha value is -1.56. The van der Waals surface area contributed by atoms with Crippen LogP contribution in [0.4, 0.5) is 5.69 Å². The van der Waals surface area contributed by atoms with E-state index < -0.39 is 0 Å². The molecule has 0 radical (unpaired) electrons. The van der Waals surface area contributed by atoms with Crippen LogP contribution in [0.3, 0.4) is 0 Å². The number of amides is 1. The Balaban J connectivity index is 2.17. The number of likely N-dealkylation sites (N-methyl/N-ethyl adjacent to an activating group) is 1. The Labute approximate surface area is 122 Å². The molecule has 1 aromatic rings. The summed E-state index contributed by atoms with van der Waals surface area (Å²) in [5, 5.41) is 7.47. The lowest BCUT2D eigenvalue weighted by Crippen LogP contribution is -2.43. The molecule has 110 valence electrons. The number of aromatic nitrogens is 2. The SMILES string of the molecule is CC(C)n1ncc(NC2CCC(=O)N(C)C2)c(Cl)c1=O. The number of nitrogens with one attached hydrogen (secondary N) is 1. The highest BCUT2D eigenvalue weighted by atomic mass is 35.5. The lowest BCUT2D eigenvalue weighted by molar-refractivity contribution is -0.132. The van der Waals surface area contributed by atoms with Gasteiger partial charge in [-0.05, 0) is 20.3 Å². The first kappa shape index (κ1) is 14.8. The first-order valence-electron chi connectivity index (χ1n) is 6.68. The number of likely N-dealkylation sites (tertiary alicyclic amines) is 1. The average molecular weight is 299 g/mol. The maximum Gasteiger partial charge on any atom is 0.287 e. The molecule has 0 saturated carbocycles. The summed E-state index contributed by atoms with van der Waals surface area (Å²) >= 11 is 6.11. The summed E-state index contributed by atoms with van der Waals surface area (Å²) in [6, 6.07) is 0.0544. The molecule has 2 rings (SSSR count). The van der Waals surface area contributed by atoms with E-state index in [4.69, 9.17) is 11.6 Å². The highest BCUT2D eigenvalue weighted by Crippen LogP contribution is 2.20. The second kappa shape index (κ2) is 5.83. The molecule has 20 heavy (non-hydrogen) atoms. The number of halogens is 1. The molecule has 1 aromatic heterocycles. The van der Waals surface area contributed by atoms with Gasteiger partial charge in [0.05, 0.1) is 17.9 Å². The van der Waals surface area contributed by atoms with Crippen molar-refractivity contribution < 1.29 is 4.79 Å². The summed E-state index contributed by atoms with van der Waals surface area (Å²) in [5.41, 5.74) is 0.230. The van der Waals surface area contributed by atoms with E-state index in [1.807, 2.05) is 13.8 Å². The predicted octanol–water partition coefficient (Wildman–Crippen LogP) is 1.51. The van der Waals surface area contributed by atoms with Crippen molar-refractivity contribution >= 4 is 23.2 Å². The quantitative estimate of drug-likeness (QED) is 0.918. The summed E-state index contributed by atoms with van der Waals surface area (Å²) < 4.78 is 1.35. The van der Waals surface area contributed by atoms with E-state index in [9.17, 15) is 9.59 Å². The number of anilines is 1. The Bertz CT molecular complexity index is 570. The van der Waals surface area contributed by atoms with Gasteiger partial charge < -0.3 is 10.2 Å². The molecule has 1 saturated heterocycles. The number of carbonyl (C=O) groups excluding carboxylic acids is 1. The molecule has 1 fully saturated rings. The first-order valence-corrected chi connectivity index (χ1v) is 7.05. The summed E-state index contributed by atoms with van der Waals surface area (Å²) in [6.45, 7) is 4.35. The van der Waals surface area contributed by atoms with Gasteiger partial charge in [-0.1, -0.05) is 11.6 Å². The van der Waals surface area contributed by atoms with Crippen molar-refractivity contribution in [3.63, 3.8) is 0 Å². The fourth-order valence-corrected chi connectivity index (χ4v) is 2.45. The van der Waals surface area contributed by atoms with Crippen LogP contribution in [-0.4, -0.2) is 40.2 Å². The predicted molar refractivity (Wildman–Crippen MR) is 78.2 cm³/mol. The lowest BCUT2D eigenvalue weighted by atomic mass is 10.1. The van der Waals surface area contributed by atoms with Gasteiger partial charge in [0.2, 0.25) is 5.91 Å². The fourth-order valence-electron chi connectivity index (χ4n) is 2.26. The molecule has 0 aliphatic carbocycles. The molecule has 1 atom stereocenters. The maximum absolute atomic E-state index is 12.1. The van der Waals surface area contributed by atoms with Crippen LogP contribution in [-0.2, 0) is 4.79 Å². The van der Waals surface area contributed by atoms with Crippen LogP contribution in [0.25, 0.3) is 0 Å². The lowest BCUT2D eigenvalue weighted by Gasteiger charge is -2.30. The van der Waals surface area contributed by atoms with Gasteiger partial charge >= 0.3 is 0 Å². The molecule has 1 amide bonds. The van der Waals surface area contributed by atoms with Crippen molar-refractivity contribution in [3.8, 4) is 0 Å². The van der Waals surface area contributed by atoms with Gasteiger partial charge in [-0.3, -0.25) is 9.59 Å². The molecule has 7 heteroatoms. The van der Waals surface area contributed by atoms with Crippen molar-refractivity contribution in [2.24, 2.45) is 0 Å². The summed E-state index contributed by atoms with van der Waals surface area (Å²) in [4.78, 5) is 25.2. The number of hydrogen-bond acceptors (Lipinski definition) is 4. The largest absolute Gasteiger partial charge is 0.378 e. The van der Waals surface area contributed by atoms with Gasteiger partial charge in [-0.2, -0.15) is 5.10 Å². The first-order chi connectivity index (χ1) is 9.40. The van der Waals surface area contributed by atoms with Crippen LogP contribution in [0.15, 0.2) is 11.0 Å². The minimum atomic E-state index is -0.299. The van der Waals surface area contributed by atoms with Gasteiger partial charge in [-0.25, -0.2) is 4.68 Å². The van der Waals surface area contributed by atoms with Gasteiger partial charge in [0.1, 0.15) is 5.02 Å². The Kier molecular flexibility index (Phi) is 4.32. The summed E-state index contributed by atoms with van der Waals surface area (Å²) in [6.07, 6.45) is 2.80. The molecular formula is C13H19ClN4O2. The third-order valence-corrected chi connectivity index (χ3v) is 3.78. The molecule has 0 spiro atoms. The molecular weight excluding hydrogens is 280 g/mol. The molecule has 0 aromatic carbocycles. The third-order valence-electron chi connectivity index (χ3n) is 3.42. The zero-order chi connectivity index (χ0) is 14.9. The number of rotatable bonds is 3. The number of hydrogen-bond donors (Lipinski definition) is 1. The number of piperidine rings is 1. The van der Waals surface area contributed by atoms with Crippen molar-refractivity contribution in [3.05, 3.63) is 21.6 Å². The van der Waals surface area contributed by atoms with E-state index in [-0.39, 0.29) is 28.6 Å². The normalized spacial score (nSPS) is 19.6. The minimum absolute atomic E-state index is 0.0347. The number of nitrogens with zero attached hydrogens (tertiary/aromatic N) is 3. The molecule has 1 aliphatic rings. The molecule has 1 N–H and O–H groups in total. The highest BCUT2D eigenvalue weighted by molar-refractivity contribution is 6.32. The fraction of sp³-hybridized carbons (Fsp3) is 0.615. The van der Waals surface area contributed by atoms with E-state index in [0.717, 1.165) is 6.42 Å². The standard InChI is InChI=1S/C13H19ClN4O2/c1-8(2)18-13(20)12(14)10(6-15-18)16-9-4-5-11(19)17(3)7-9/h6,8-9,16H,4-5,7H2,1-3H3. The van der Waals surface area contributed by atoms with E-state index in [2.05, 4.69) is 10.4 Å². The van der Waals surface area contributed by atoms with E-state index in [1.165, 1.54) is 4.68 Å². The van der Waals surface area contributed by atoms with Crippen LogP contribution in [0, 0.1) is 0 Å². The Morgan fingerprint density at radius 1 is 1.45 bits per heavy atom.